The van der Waals surface area contributed by atoms with Crippen molar-refractivity contribution < 1.29 is 58.4 Å². The Morgan fingerprint density at radius 2 is 1.05 bits per heavy atom. The Balaban J connectivity index is 1.04. The lowest BCUT2D eigenvalue weighted by Gasteiger charge is -2.29. The molecule has 14 nitrogen and oxygen atoms in total. The van der Waals surface area contributed by atoms with E-state index < -0.39 is 36.8 Å². The SMILES string of the molecule is CC(=O)OCC(O)CN(CC(C)CCCNC(=O)CO)CC(O)COc1ccc(C(C)(C)c2ccc(OCC(O)COc3ccc(C(C)(C)c4ccc(OCC5CO5)cc4)cc3)cc2)cc1. The second kappa shape index (κ2) is 25.1. The first-order valence-electron chi connectivity index (χ1n) is 22.8. The van der Waals surface area contributed by atoms with Gasteiger partial charge < -0.3 is 54.2 Å². The summed E-state index contributed by atoms with van der Waals surface area (Å²) in [4.78, 5) is 24.5. The van der Waals surface area contributed by atoms with Gasteiger partial charge in [0.15, 0.2) is 0 Å². The summed E-state index contributed by atoms with van der Waals surface area (Å²) in [6, 6.07) is 31.7. The van der Waals surface area contributed by atoms with Gasteiger partial charge in [-0.3, -0.25) is 14.5 Å². The van der Waals surface area contributed by atoms with Crippen molar-refractivity contribution in [3.8, 4) is 23.0 Å². The molecule has 1 amide bonds. The van der Waals surface area contributed by atoms with Gasteiger partial charge in [-0.25, -0.2) is 0 Å². The maximum absolute atomic E-state index is 11.3. The monoisotopic (exact) mass is 914 g/mol. The van der Waals surface area contributed by atoms with E-state index in [1.807, 2.05) is 96.8 Å². The lowest BCUT2D eigenvalue weighted by molar-refractivity contribution is -0.144. The summed E-state index contributed by atoms with van der Waals surface area (Å²) in [5.74, 6) is 2.00. The van der Waals surface area contributed by atoms with Crippen LogP contribution in [0.3, 0.4) is 0 Å². The highest BCUT2D eigenvalue weighted by Crippen LogP contribution is 2.35. The number of nitrogens with zero attached hydrogens (tertiary/aromatic N) is 1. The third kappa shape index (κ3) is 16.9. The van der Waals surface area contributed by atoms with Crippen LogP contribution in [0.15, 0.2) is 97.1 Å². The summed E-state index contributed by atoms with van der Waals surface area (Å²) >= 11 is 0. The molecule has 4 aromatic rings. The smallest absolute Gasteiger partial charge is 0.302 e. The van der Waals surface area contributed by atoms with Crippen molar-refractivity contribution in [1.29, 1.82) is 0 Å². The number of aliphatic hydroxyl groups excluding tert-OH is 4. The number of hydrogen-bond donors (Lipinski definition) is 5. The molecule has 1 heterocycles. The minimum absolute atomic E-state index is 0.0271. The summed E-state index contributed by atoms with van der Waals surface area (Å²) in [6.45, 7) is 14.2. The molecule has 1 aliphatic heterocycles. The van der Waals surface area contributed by atoms with E-state index in [2.05, 4.69) is 45.1 Å². The molecule has 1 fully saturated rings. The highest BCUT2D eigenvalue weighted by Gasteiger charge is 2.26. The van der Waals surface area contributed by atoms with Crippen LogP contribution in [0.1, 0.15) is 76.6 Å². The Kier molecular flexibility index (Phi) is 19.7. The highest BCUT2D eigenvalue weighted by molar-refractivity contribution is 5.76. The summed E-state index contributed by atoms with van der Waals surface area (Å²) in [6.07, 6.45) is -0.937. The zero-order valence-electron chi connectivity index (χ0n) is 39.3. The molecule has 5 rings (SSSR count). The topological polar surface area (TPSA) is 189 Å². The van der Waals surface area contributed by atoms with E-state index in [1.54, 1.807) is 0 Å². The Labute approximate surface area is 389 Å². The fourth-order valence-corrected chi connectivity index (χ4v) is 7.59. The zero-order valence-corrected chi connectivity index (χ0v) is 39.3. The third-order valence-electron chi connectivity index (χ3n) is 11.8. The van der Waals surface area contributed by atoms with Gasteiger partial charge in [-0.1, -0.05) is 83.1 Å². The van der Waals surface area contributed by atoms with Crippen molar-refractivity contribution in [1.82, 2.24) is 10.2 Å². The van der Waals surface area contributed by atoms with Gasteiger partial charge in [0.1, 0.15) is 87.1 Å². The van der Waals surface area contributed by atoms with Gasteiger partial charge in [0.25, 0.3) is 0 Å². The molecule has 0 aliphatic carbocycles. The molecular weight excluding hydrogens is 845 g/mol. The van der Waals surface area contributed by atoms with Crippen LogP contribution in [0.2, 0.25) is 0 Å². The summed E-state index contributed by atoms with van der Waals surface area (Å²) in [7, 11) is 0. The number of esters is 1. The molecule has 0 radical (unpaired) electrons. The average Bonchev–Trinajstić information content (AvgIpc) is 4.15. The van der Waals surface area contributed by atoms with E-state index >= 15 is 0 Å². The first-order chi connectivity index (χ1) is 31.5. The number of aliphatic hydroxyl groups is 4. The van der Waals surface area contributed by atoms with Crippen molar-refractivity contribution in [2.45, 2.75) is 89.6 Å². The van der Waals surface area contributed by atoms with Gasteiger partial charge in [-0.2, -0.15) is 0 Å². The molecule has 0 saturated carbocycles. The molecule has 5 N–H and O–H groups in total. The number of epoxide rings is 1. The molecule has 4 aromatic carbocycles. The van der Waals surface area contributed by atoms with Gasteiger partial charge in [-0.15, -0.1) is 0 Å². The van der Waals surface area contributed by atoms with E-state index in [9.17, 15) is 24.9 Å². The predicted molar refractivity (Wildman–Crippen MR) is 251 cm³/mol. The van der Waals surface area contributed by atoms with Gasteiger partial charge in [0.05, 0.1) is 6.61 Å². The number of ether oxygens (including phenoxy) is 6. The van der Waals surface area contributed by atoms with E-state index in [4.69, 9.17) is 33.5 Å². The normalized spacial score (nSPS) is 15.6. The van der Waals surface area contributed by atoms with Crippen molar-refractivity contribution in [2.75, 3.05) is 72.4 Å². The van der Waals surface area contributed by atoms with Gasteiger partial charge in [0, 0.05) is 43.9 Å². The molecule has 66 heavy (non-hydrogen) atoms. The van der Waals surface area contributed by atoms with Crippen LogP contribution >= 0.6 is 0 Å². The largest absolute Gasteiger partial charge is 0.491 e. The van der Waals surface area contributed by atoms with Crippen LogP contribution in [-0.4, -0.2) is 134 Å². The van der Waals surface area contributed by atoms with Crippen molar-refractivity contribution in [2.24, 2.45) is 5.92 Å². The van der Waals surface area contributed by atoms with Crippen LogP contribution in [0, 0.1) is 5.92 Å². The Hall–Kier alpha value is -5.22. The fraction of sp³-hybridized carbons (Fsp3) is 0.500. The number of carbonyl (C=O) groups is 2. The van der Waals surface area contributed by atoms with Crippen molar-refractivity contribution in [3.05, 3.63) is 119 Å². The lowest BCUT2D eigenvalue weighted by atomic mass is 9.78. The minimum Gasteiger partial charge on any atom is -0.491 e. The van der Waals surface area contributed by atoms with Gasteiger partial charge >= 0.3 is 5.97 Å². The summed E-state index contributed by atoms with van der Waals surface area (Å²) in [5.41, 5.74) is 3.85. The fourth-order valence-electron chi connectivity index (χ4n) is 7.59. The second-order valence-electron chi connectivity index (χ2n) is 18.3. The van der Waals surface area contributed by atoms with Crippen molar-refractivity contribution in [3.63, 3.8) is 0 Å². The number of hydrogen-bond acceptors (Lipinski definition) is 13. The lowest BCUT2D eigenvalue weighted by Crippen LogP contribution is -2.43. The number of rotatable bonds is 29. The summed E-state index contributed by atoms with van der Waals surface area (Å²) in [5, 5.41) is 43.7. The quantitative estimate of drug-likeness (QED) is 0.0264. The zero-order chi connectivity index (χ0) is 47.7. The maximum atomic E-state index is 11.3. The van der Waals surface area contributed by atoms with E-state index in [1.165, 1.54) is 12.5 Å². The molecular formula is C52H70N2O12. The molecule has 5 atom stereocenters. The first kappa shape index (κ1) is 51.8. The third-order valence-corrected chi connectivity index (χ3v) is 11.8. The summed E-state index contributed by atoms with van der Waals surface area (Å²) < 4.78 is 33.8. The Bertz CT molecular complexity index is 2060. The van der Waals surface area contributed by atoms with Crippen LogP contribution < -0.4 is 24.3 Å². The number of carbonyl (C=O) groups excluding carboxylic acids is 2. The van der Waals surface area contributed by atoms with Gasteiger partial charge in [-0.05, 0) is 89.5 Å². The molecule has 14 heteroatoms. The van der Waals surface area contributed by atoms with Crippen molar-refractivity contribution >= 4 is 11.9 Å². The minimum atomic E-state index is -0.935. The Morgan fingerprint density at radius 1 is 0.652 bits per heavy atom. The molecule has 0 bridgehead atoms. The molecule has 360 valence electrons. The average molecular weight is 915 g/mol. The predicted octanol–water partition coefficient (Wildman–Crippen LogP) is 5.43. The van der Waals surface area contributed by atoms with E-state index in [-0.39, 0.29) is 62.4 Å². The molecule has 5 unspecified atom stereocenters. The second-order valence-corrected chi connectivity index (χ2v) is 18.3. The molecule has 1 saturated heterocycles. The van der Waals surface area contributed by atoms with Crippen LogP contribution in [-0.2, 0) is 29.9 Å². The number of amides is 1. The molecule has 0 aromatic heterocycles. The first-order valence-corrected chi connectivity index (χ1v) is 22.8. The van der Waals surface area contributed by atoms with Gasteiger partial charge in [0.2, 0.25) is 5.91 Å². The van der Waals surface area contributed by atoms with E-state index in [0.29, 0.717) is 43.4 Å². The van der Waals surface area contributed by atoms with Crippen LogP contribution in [0.4, 0.5) is 0 Å². The number of nitrogens with one attached hydrogen (secondary N) is 1. The highest BCUT2D eigenvalue weighted by atomic mass is 16.6. The molecule has 1 aliphatic rings. The Morgan fingerprint density at radius 3 is 1.44 bits per heavy atom. The van der Waals surface area contributed by atoms with Crippen LogP contribution in [0.25, 0.3) is 0 Å². The number of benzene rings is 4. The van der Waals surface area contributed by atoms with Crippen LogP contribution in [0.5, 0.6) is 23.0 Å². The maximum Gasteiger partial charge on any atom is 0.302 e. The standard InChI is InChI=1S/C52H70N2O12/c1-36(8-7-25-53-50(60)29-55)26-54(27-42(57)30-61-37(2)56)28-43(58)31-62-45-17-9-38(10-18-45)51(3,4)39-11-19-46(20-12-39)63-32-44(59)33-64-47-21-13-40(14-22-47)52(5,6)41-15-23-48(24-16-41)65-34-49-35-66-49/h9-24,36,42-44,49,55,57-59H,7-8,25-35H2,1-6H3,(H,53,60). The molecule has 0 spiro atoms. The van der Waals surface area contributed by atoms with E-state index in [0.717, 1.165) is 35.5 Å².